The lowest BCUT2D eigenvalue weighted by Crippen LogP contribution is -2.23. The van der Waals surface area contributed by atoms with Crippen molar-refractivity contribution in [1.29, 1.82) is 0 Å². The van der Waals surface area contributed by atoms with Crippen molar-refractivity contribution in [3.63, 3.8) is 0 Å². The fourth-order valence-electron chi connectivity index (χ4n) is 1.31. The van der Waals surface area contributed by atoms with E-state index in [0.717, 1.165) is 12.1 Å². The predicted octanol–water partition coefficient (Wildman–Crippen LogP) is 1.64. The first-order valence-corrected chi connectivity index (χ1v) is 4.60. The quantitative estimate of drug-likeness (QED) is 0.757. The Hall–Kier alpha value is -1.29. The van der Waals surface area contributed by atoms with Crippen LogP contribution >= 0.6 is 0 Å². The van der Waals surface area contributed by atoms with Crippen molar-refractivity contribution in [2.75, 3.05) is 20.6 Å². The molecule has 0 aromatic heterocycles. The normalized spacial score (nSPS) is 10.7. The maximum atomic E-state index is 13.1. The fraction of sp³-hybridized carbons (Fsp3) is 0.364. The van der Waals surface area contributed by atoms with Crippen LogP contribution in [-0.2, 0) is 11.2 Å². The number of halogens is 2. The summed E-state index contributed by atoms with van der Waals surface area (Å²) >= 11 is 0. The molecular formula is C11H13F2NO. The van der Waals surface area contributed by atoms with Crippen molar-refractivity contribution in [3.8, 4) is 0 Å². The van der Waals surface area contributed by atoms with Crippen LogP contribution in [0, 0.1) is 11.6 Å². The third kappa shape index (κ3) is 3.40. The molecule has 0 bridgehead atoms. The largest absolute Gasteiger partial charge is 0.302 e. The second-order valence-electron chi connectivity index (χ2n) is 3.65. The molecule has 0 spiro atoms. The predicted molar refractivity (Wildman–Crippen MR) is 53.6 cm³/mol. The molecule has 0 radical (unpaired) electrons. The van der Waals surface area contributed by atoms with Gasteiger partial charge in [0, 0.05) is 12.0 Å². The number of hydrogen-bond donors (Lipinski definition) is 0. The van der Waals surface area contributed by atoms with E-state index in [-0.39, 0.29) is 24.3 Å². The van der Waals surface area contributed by atoms with Crippen molar-refractivity contribution in [1.82, 2.24) is 4.90 Å². The molecule has 4 heteroatoms. The summed E-state index contributed by atoms with van der Waals surface area (Å²) in [5.74, 6) is -1.53. The van der Waals surface area contributed by atoms with Crippen LogP contribution in [0.2, 0.25) is 0 Å². The van der Waals surface area contributed by atoms with Gasteiger partial charge in [0.05, 0.1) is 6.54 Å². The molecule has 1 aromatic carbocycles. The van der Waals surface area contributed by atoms with Gasteiger partial charge in [-0.1, -0.05) is 6.07 Å². The van der Waals surface area contributed by atoms with Gasteiger partial charge in [-0.15, -0.1) is 0 Å². The molecule has 1 rings (SSSR count). The van der Waals surface area contributed by atoms with Crippen molar-refractivity contribution in [2.24, 2.45) is 0 Å². The first kappa shape index (κ1) is 11.8. The monoisotopic (exact) mass is 213 g/mol. The van der Waals surface area contributed by atoms with E-state index in [9.17, 15) is 13.6 Å². The number of benzene rings is 1. The SMILES string of the molecule is CN(C)CC(=O)Cc1c(F)cccc1F. The molecule has 0 unspecified atom stereocenters. The highest BCUT2D eigenvalue weighted by Gasteiger charge is 2.13. The highest BCUT2D eigenvalue weighted by molar-refractivity contribution is 5.82. The maximum Gasteiger partial charge on any atom is 0.151 e. The molecule has 0 N–H and O–H groups in total. The summed E-state index contributed by atoms with van der Waals surface area (Å²) < 4.78 is 26.3. The second-order valence-corrected chi connectivity index (χ2v) is 3.65. The zero-order valence-corrected chi connectivity index (χ0v) is 8.76. The van der Waals surface area contributed by atoms with Crippen LogP contribution in [0.25, 0.3) is 0 Å². The average Bonchev–Trinajstić information content (AvgIpc) is 2.10. The van der Waals surface area contributed by atoms with Crippen LogP contribution in [0.4, 0.5) is 8.78 Å². The Morgan fingerprint density at radius 3 is 2.27 bits per heavy atom. The van der Waals surface area contributed by atoms with E-state index in [1.165, 1.54) is 6.07 Å². The third-order valence-electron chi connectivity index (χ3n) is 1.93. The number of nitrogens with zero attached hydrogens (tertiary/aromatic N) is 1. The standard InChI is InChI=1S/C11H13F2NO/c1-14(2)7-8(15)6-9-10(12)4-3-5-11(9)13/h3-5H,6-7H2,1-2H3. The van der Waals surface area contributed by atoms with Gasteiger partial charge < -0.3 is 4.90 Å². The second kappa shape index (κ2) is 4.98. The van der Waals surface area contributed by atoms with Crippen LogP contribution in [0.1, 0.15) is 5.56 Å². The average molecular weight is 213 g/mol. The molecule has 0 aliphatic rings. The molecule has 0 saturated carbocycles. The van der Waals surface area contributed by atoms with E-state index in [0.29, 0.717) is 0 Å². The number of Topliss-reactive ketones (excluding diaryl/α,β-unsaturated/α-hetero) is 1. The summed E-state index contributed by atoms with van der Waals surface area (Å²) in [5.41, 5.74) is -0.149. The number of carbonyl (C=O) groups excluding carboxylic acids is 1. The molecule has 1 aromatic rings. The van der Waals surface area contributed by atoms with Gasteiger partial charge in [0.1, 0.15) is 11.6 Å². The van der Waals surface area contributed by atoms with Crippen LogP contribution in [-0.4, -0.2) is 31.3 Å². The van der Waals surface area contributed by atoms with Crippen molar-refractivity contribution in [2.45, 2.75) is 6.42 Å². The molecule has 0 fully saturated rings. The minimum Gasteiger partial charge on any atom is -0.302 e. The van der Waals surface area contributed by atoms with Crippen molar-refractivity contribution in [3.05, 3.63) is 35.4 Å². The molecule has 0 saturated heterocycles. The molecule has 0 amide bonds. The highest BCUT2D eigenvalue weighted by Crippen LogP contribution is 2.12. The number of hydrogen-bond acceptors (Lipinski definition) is 2. The zero-order chi connectivity index (χ0) is 11.4. The lowest BCUT2D eigenvalue weighted by atomic mass is 10.1. The summed E-state index contributed by atoms with van der Waals surface area (Å²) in [6.07, 6.45) is -0.198. The summed E-state index contributed by atoms with van der Waals surface area (Å²) in [5, 5.41) is 0. The van der Waals surface area contributed by atoms with E-state index >= 15 is 0 Å². The first-order chi connectivity index (χ1) is 7.00. The first-order valence-electron chi connectivity index (χ1n) is 4.60. The van der Waals surface area contributed by atoms with E-state index in [2.05, 4.69) is 0 Å². The molecule has 15 heavy (non-hydrogen) atoms. The minimum atomic E-state index is -0.665. The van der Waals surface area contributed by atoms with Crippen LogP contribution in [0.15, 0.2) is 18.2 Å². The smallest absolute Gasteiger partial charge is 0.151 e. The summed E-state index contributed by atoms with van der Waals surface area (Å²) in [6, 6.07) is 3.59. The molecular weight excluding hydrogens is 200 g/mol. The van der Waals surface area contributed by atoms with E-state index in [1.54, 1.807) is 19.0 Å². The Balaban J connectivity index is 2.76. The van der Waals surface area contributed by atoms with E-state index in [1.807, 2.05) is 0 Å². The van der Waals surface area contributed by atoms with Crippen LogP contribution in [0.5, 0.6) is 0 Å². The Morgan fingerprint density at radius 1 is 1.27 bits per heavy atom. The Kier molecular flexibility index (Phi) is 3.91. The molecule has 0 atom stereocenters. The van der Waals surface area contributed by atoms with Gasteiger partial charge in [-0.3, -0.25) is 4.79 Å². The lowest BCUT2D eigenvalue weighted by Gasteiger charge is -2.09. The van der Waals surface area contributed by atoms with Gasteiger partial charge in [-0.05, 0) is 26.2 Å². The van der Waals surface area contributed by atoms with Crippen molar-refractivity contribution >= 4 is 5.78 Å². The van der Waals surface area contributed by atoms with Gasteiger partial charge in [-0.2, -0.15) is 0 Å². The zero-order valence-electron chi connectivity index (χ0n) is 8.76. The molecule has 0 heterocycles. The Morgan fingerprint density at radius 2 is 1.80 bits per heavy atom. The number of likely N-dealkylation sites (N-methyl/N-ethyl adjacent to an activating group) is 1. The topological polar surface area (TPSA) is 20.3 Å². The summed E-state index contributed by atoms with van der Waals surface area (Å²) in [7, 11) is 3.46. The van der Waals surface area contributed by atoms with Crippen LogP contribution < -0.4 is 0 Å². The molecule has 82 valence electrons. The van der Waals surface area contributed by atoms with Gasteiger partial charge in [0.2, 0.25) is 0 Å². The molecule has 2 nitrogen and oxygen atoms in total. The third-order valence-corrected chi connectivity index (χ3v) is 1.93. The Bertz CT molecular complexity index is 343. The molecule has 0 aliphatic carbocycles. The number of carbonyl (C=O) groups is 1. The lowest BCUT2D eigenvalue weighted by molar-refractivity contribution is -0.119. The van der Waals surface area contributed by atoms with Gasteiger partial charge in [0.15, 0.2) is 5.78 Å². The summed E-state index contributed by atoms with van der Waals surface area (Å²) in [6.45, 7) is 0.188. The van der Waals surface area contributed by atoms with E-state index in [4.69, 9.17) is 0 Å². The van der Waals surface area contributed by atoms with E-state index < -0.39 is 11.6 Å². The Labute approximate surface area is 87.5 Å². The van der Waals surface area contributed by atoms with Gasteiger partial charge in [-0.25, -0.2) is 8.78 Å². The van der Waals surface area contributed by atoms with Gasteiger partial charge in [0.25, 0.3) is 0 Å². The minimum absolute atomic E-state index is 0.149. The van der Waals surface area contributed by atoms with Crippen molar-refractivity contribution < 1.29 is 13.6 Å². The van der Waals surface area contributed by atoms with Gasteiger partial charge >= 0.3 is 0 Å². The fourth-order valence-corrected chi connectivity index (χ4v) is 1.31. The van der Waals surface area contributed by atoms with Crippen LogP contribution in [0.3, 0.4) is 0 Å². The number of rotatable bonds is 4. The number of ketones is 1. The highest BCUT2D eigenvalue weighted by atomic mass is 19.1. The maximum absolute atomic E-state index is 13.1. The molecule has 0 aliphatic heterocycles. The summed E-state index contributed by atoms with van der Waals surface area (Å²) in [4.78, 5) is 13.0.